The summed E-state index contributed by atoms with van der Waals surface area (Å²) < 4.78 is 11.0. The van der Waals surface area contributed by atoms with Gasteiger partial charge in [-0.25, -0.2) is 0 Å². The third-order valence-electron chi connectivity index (χ3n) is 3.98. The van der Waals surface area contributed by atoms with Crippen LogP contribution in [0.15, 0.2) is 36.4 Å². The van der Waals surface area contributed by atoms with Gasteiger partial charge in [0.05, 0.1) is 0 Å². The van der Waals surface area contributed by atoms with Crippen molar-refractivity contribution < 1.29 is 19.1 Å². The van der Waals surface area contributed by atoms with Gasteiger partial charge in [-0.2, -0.15) is 0 Å². The zero-order valence-corrected chi connectivity index (χ0v) is 16.5. The van der Waals surface area contributed by atoms with Crippen LogP contribution in [0.1, 0.15) is 23.6 Å². The number of rotatable bonds is 6. The number of carbonyl (C=O) groups excluding carboxylic acids is 2. The Morgan fingerprint density at radius 2 is 1.63 bits per heavy atom. The molecule has 0 radical (unpaired) electrons. The Kier molecular flexibility index (Phi) is 7.07. The van der Waals surface area contributed by atoms with Crippen molar-refractivity contribution in [1.29, 1.82) is 0 Å². The second kappa shape index (κ2) is 9.28. The van der Waals surface area contributed by atoms with Crippen molar-refractivity contribution in [3.8, 4) is 11.5 Å². The SMILES string of the molecule is Cc1ccc(OC(C)C(=O)NNC(=O)COc2ccc(Cl)c(C)c2)cc1C. The lowest BCUT2D eigenvalue weighted by molar-refractivity contribution is -0.133. The molecule has 0 aliphatic carbocycles. The van der Waals surface area contributed by atoms with Gasteiger partial charge < -0.3 is 9.47 Å². The number of hydrogen-bond donors (Lipinski definition) is 2. The highest BCUT2D eigenvalue weighted by atomic mass is 35.5. The van der Waals surface area contributed by atoms with E-state index < -0.39 is 17.9 Å². The molecule has 0 saturated heterocycles. The molecule has 6 nitrogen and oxygen atoms in total. The van der Waals surface area contributed by atoms with Gasteiger partial charge in [-0.3, -0.25) is 20.4 Å². The summed E-state index contributed by atoms with van der Waals surface area (Å²) in [6.07, 6.45) is -0.771. The summed E-state index contributed by atoms with van der Waals surface area (Å²) in [5.74, 6) is 0.150. The Bertz CT molecular complexity index is 839. The third kappa shape index (κ3) is 6.18. The van der Waals surface area contributed by atoms with Gasteiger partial charge in [0.25, 0.3) is 11.8 Å². The van der Waals surface area contributed by atoms with Crippen LogP contribution in [0, 0.1) is 20.8 Å². The number of aryl methyl sites for hydroxylation is 3. The lowest BCUT2D eigenvalue weighted by atomic mass is 10.1. The van der Waals surface area contributed by atoms with E-state index in [1.165, 1.54) is 0 Å². The average molecular weight is 391 g/mol. The van der Waals surface area contributed by atoms with Crippen LogP contribution in [0.4, 0.5) is 0 Å². The Balaban J connectivity index is 1.77. The molecule has 0 aliphatic rings. The lowest BCUT2D eigenvalue weighted by Gasteiger charge is -2.16. The maximum atomic E-state index is 12.1. The smallest absolute Gasteiger partial charge is 0.279 e. The molecule has 0 heterocycles. The van der Waals surface area contributed by atoms with Gasteiger partial charge in [0.1, 0.15) is 11.5 Å². The molecule has 1 atom stereocenters. The highest BCUT2D eigenvalue weighted by Gasteiger charge is 2.16. The molecule has 0 spiro atoms. The summed E-state index contributed by atoms with van der Waals surface area (Å²) in [5, 5.41) is 0.622. The Morgan fingerprint density at radius 3 is 2.30 bits per heavy atom. The van der Waals surface area contributed by atoms with Crippen molar-refractivity contribution in [2.24, 2.45) is 0 Å². The number of ether oxygens (including phenoxy) is 2. The van der Waals surface area contributed by atoms with E-state index in [0.29, 0.717) is 16.5 Å². The second-order valence-corrected chi connectivity index (χ2v) is 6.65. The minimum Gasteiger partial charge on any atom is -0.484 e. The molecule has 0 aromatic heterocycles. The molecule has 144 valence electrons. The zero-order valence-electron chi connectivity index (χ0n) is 15.8. The van der Waals surface area contributed by atoms with E-state index in [1.54, 1.807) is 31.2 Å². The molecule has 2 aromatic carbocycles. The van der Waals surface area contributed by atoms with E-state index in [1.807, 2.05) is 32.9 Å². The maximum absolute atomic E-state index is 12.1. The summed E-state index contributed by atoms with van der Waals surface area (Å²) in [6.45, 7) is 7.16. The number of halogens is 1. The first-order valence-electron chi connectivity index (χ1n) is 8.48. The van der Waals surface area contributed by atoms with Gasteiger partial charge in [0.2, 0.25) is 0 Å². The van der Waals surface area contributed by atoms with Gasteiger partial charge >= 0.3 is 0 Å². The largest absolute Gasteiger partial charge is 0.484 e. The molecular weight excluding hydrogens is 368 g/mol. The van der Waals surface area contributed by atoms with Crippen molar-refractivity contribution in [2.75, 3.05) is 6.61 Å². The first-order chi connectivity index (χ1) is 12.8. The van der Waals surface area contributed by atoms with E-state index >= 15 is 0 Å². The van der Waals surface area contributed by atoms with Gasteiger partial charge in [-0.1, -0.05) is 17.7 Å². The topological polar surface area (TPSA) is 76.7 Å². The summed E-state index contributed by atoms with van der Waals surface area (Å²) in [6, 6.07) is 10.7. The third-order valence-corrected chi connectivity index (χ3v) is 4.41. The molecule has 0 aliphatic heterocycles. The van der Waals surface area contributed by atoms with Crippen LogP contribution in [0.3, 0.4) is 0 Å². The minimum absolute atomic E-state index is 0.242. The standard InChI is InChI=1S/C20H23ClN2O4/c1-12-5-6-17(9-13(12)2)27-15(4)20(25)23-22-19(24)11-26-16-7-8-18(21)14(3)10-16/h5-10,15H,11H2,1-4H3,(H,22,24)(H,23,25). The molecule has 2 amide bonds. The molecule has 2 rings (SSSR count). The van der Waals surface area contributed by atoms with E-state index in [0.717, 1.165) is 16.7 Å². The summed E-state index contributed by atoms with van der Waals surface area (Å²) in [7, 11) is 0. The molecule has 2 N–H and O–H groups in total. The maximum Gasteiger partial charge on any atom is 0.279 e. The fraction of sp³-hybridized carbons (Fsp3) is 0.300. The molecule has 7 heteroatoms. The Morgan fingerprint density at radius 1 is 0.963 bits per heavy atom. The fourth-order valence-electron chi connectivity index (χ4n) is 2.17. The predicted molar refractivity (Wildman–Crippen MR) is 104 cm³/mol. The summed E-state index contributed by atoms with van der Waals surface area (Å²) in [4.78, 5) is 23.9. The highest BCUT2D eigenvalue weighted by molar-refractivity contribution is 6.31. The predicted octanol–water partition coefficient (Wildman–Crippen LogP) is 3.26. The van der Waals surface area contributed by atoms with Crippen LogP contribution in [-0.4, -0.2) is 24.5 Å². The Hall–Kier alpha value is -2.73. The minimum atomic E-state index is -0.771. The first kappa shape index (κ1) is 20.6. The first-order valence-corrected chi connectivity index (χ1v) is 8.85. The van der Waals surface area contributed by atoms with E-state index in [-0.39, 0.29) is 6.61 Å². The molecule has 1 unspecified atom stereocenters. The van der Waals surface area contributed by atoms with Crippen LogP contribution in [-0.2, 0) is 9.59 Å². The molecule has 0 bridgehead atoms. The van der Waals surface area contributed by atoms with Gasteiger partial charge in [-0.05, 0) is 74.7 Å². The van der Waals surface area contributed by atoms with Gasteiger partial charge in [-0.15, -0.1) is 0 Å². The quantitative estimate of drug-likeness (QED) is 0.742. The van der Waals surface area contributed by atoms with Gasteiger partial charge in [0.15, 0.2) is 12.7 Å². The molecular formula is C20H23ClN2O4. The van der Waals surface area contributed by atoms with E-state index in [2.05, 4.69) is 10.9 Å². The van der Waals surface area contributed by atoms with Crippen LogP contribution in [0.2, 0.25) is 5.02 Å². The normalized spacial score (nSPS) is 11.4. The molecule has 0 saturated carbocycles. The second-order valence-electron chi connectivity index (χ2n) is 6.24. The van der Waals surface area contributed by atoms with Crippen molar-refractivity contribution >= 4 is 23.4 Å². The monoisotopic (exact) mass is 390 g/mol. The number of hydrogen-bond acceptors (Lipinski definition) is 4. The van der Waals surface area contributed by atoms with E-state index in [9.17, 15) is 9.59 Å². The molecule has 2 aromatic rings. The van der Waals surface area contributed by atoms with Crippen molar-refractivity contribution in [1.82, 2.24) is 10.9 Å². The van der Waals surface area contributed by atoms with Crippen molar-refractivity contribution in [3.63, 3.8) is 0 Å². The molecule has 27 heavy (non-hydrogen) atoms. The summed E-state index contributed by atoms with van der Waals surface area (Å²) >= 11 is 5.94. The van der Waals surface area contributed by atoms with Crippen LogP contribution in [0.5, 0.6) is 11.5 Å². The average Bonchev–Trinajstić information content (AvgIpc) is 2.63. The number of benzene rings is 2. The zero-order chi connectivity index (χ0) is 20.0. The van der Waals surface area contributed by atoms with E-state index in [4.69, 9.17) is 21.1 Å². The van der Waals surface area contributed by atoms with Crippen molar-refractivity contribution in [3.05, 3.63) is 58.1 Å². The number of carbonyl (C=O) groups is 2. The summed E-state index contributed by atoms with van der Waals surface area (Å²) in [5.41, 5.74) is 7.68. The van der Waals surface area contributed by atoms with Crippen molar-refractivity contribution in [2.45, 2.75) is 33.8 Å². The van der Waals surface area contributed by atoms with Crippen LogP contribution < -0.4 is 20.3 Å². The number of hydrazine groups is 1. The van der Waals surface area contributed by atoms with Crippen LogP contribution in [0.25, 0.3) is 0 Å². The lowest BCUT2D eigenvalue weighted by Crippen LogP contribution is -2.48. The fourth-order valence-corrected chi connectivity index (χ4v) is 2.29. The van der Waals surface area contributed by atoms with Gasteiger partial charge in [0, 0.05) is 5.02 Å². The number of amides is 2. The number of nitrogens with one attached hydrogen (secondary N) is 2. The molecule has 0 fully saturated rings. The Labute approximate surface area is 163 Å². The highest BCUT2D eigenvalue weighted by Crippen LogP contribution is 2.21. The van der Waals surface area contributed by atoms with Crippen LogP contribution >= 0.6 is 11.6 Å².